The molecule has 0 aromatic rings. The molecule has 2 heteroatoms. The molecule has 0 aromatic heterocycles. The van der Waals surface area contributed by atoms with Crippen LogP contribution in [0.5, 0.6) is 0 Å². The lowest BCUT2D eigenvalue weighted by molar-refractivity contribution is 0.194. The second-order valence-corrected chi connectivity index (χ2v) is 2.89. The molecule has 0 bridgehead atoms. The predicted octanol–water partition coefficient (Wildman–Crippen LogP) is 1.95. The Hall–Kier alpha value is 0.310. The van der Waals surface area contributed by atoms with E-state index in [1.54, 1.807) is 0 Å². The van der Waals surface area contributed by atoms with Crippen molar-refractivity contribution < 1.29 is 5.11 Å². The van der Waals surface area contributed by atoms with Crippen LogP contribution in [0.15, 0.2) is 0 Å². The van der Waals surface area contributed by atoms with Crippen molar-refractivity contribution in [3.05, 3.63) is 0 Å². The summed E-state index contributed by atoms with van der Waals surface area (Å²) in [6, 6.07) is 0. The maximum atomic E-state index is 9.88. The van der Waals surface area contributed by atoms with Crippen LogP contribution >= 0.6 is 11.8 Å². The molecule has 0 aliphatic carbocycles. The molecule has 0 aromatic carbocycles. The van der Waals surface area contributed by atoms with E-state index in [9.17, 15) is 5.11 Å². The van der Waals surface area contributed by atoms with Crippen molar-refractivity contribution in [1.29, 1.82) is 0 Å². The summed E-state index contributed by atoms with van der Waals surface area (Å²) in [6.07, 6.45) is 2.06. The molecular weight excluding hydrogens is 120 g/mol. The minimum Gasteiger partial charge on any atom is -0.237 e. The third kappa shape index (κ3) is 6.31. The maximum Gasteiger partial charge on any atom is 0.0830 e. The van der Waals surface area contributed by atoms with Gasteiger partial charge in [-0.3, -0.25) is 0 Å². The second kappa shape index (κ2) is 7.31. The molecule has 0 aliphatic rings. The standard InChI is InChI=1S/C6H13OS/c1-2-5-8-6-3-4-7/h2-6H2,1H3. The quantitative estimate of drug-likeness (QED) is 0.525. The van der Waals surface area contributed by atoms with Crippen LogP contribution in [0.3, 0.4) is 0 Å². The molecule has 0 atom stereocenters. The number of rotatable bonds is 5. The molecule has 0 saturated carbocycles. The summed E-state index contributed by atoms with van der Waals surface area (Å²) in [4.78, 5) is 0. The van der Waals surface area contributed by atoms with Crippen LogP contribution in [0.25, 0.3) is 0 Å². The van der Waals surface area contributed by atoms with Gasteiger partial charge in [-0.2, -0.15) is 11.8 Å². The Balaban J connectivity index is 2.53. The average molecular weight is 133 g/mol. The van der Waals surface area contributed by atoms with Gasteiger partial charge in [0.1, 0.15) is 0 Å². The monoisotopic (exact) mass is 133 g/mol. The van der Waals surface area contributed by atoms with E-state index in [2.05, 4.69) is 6.92 Å². The van der Waals surface area contributed by atoms with Crippen LogP contribution in [0, 0.1) is 0 Å². The summed E-state index contributed by atoms with van der Waals surface area (Å²) in [6.45, 7) is 2.25. The fraction of sp³-hybridized carbons (Fsp3) is 1.00. The third-order valence-corrected chi connectivity index (χ3v) is 2.06. The predicted molar refractivity (Wildman–Crippen MR) is 37.8 cm³/mol. The first-order valence-corrected chi connectivity index (χ1v) is 4.23. The molecule has 0 aliphatic heterocycles. The van der Waals surface area contributed by atoms with E-state index in [0.29, 0.717) is 0 Å². The Morgan fingerprint density at radius 1 is 1.38 bits per heavy atom. The van der Waals surface area contributed by atoms with Crippen molar-refractivity contribution in [2.24, 2.45) is 0 Å². The lowest BCUT2D eigenvalue weighted by Gasteiger charge is -1.93. The average Bonchev–Trinajstić information content (AvgIpc) is 1.81. The summed E-state index contributed by atoms with van der Waals surface area (Å²) >= 11 is 1.88. The Morgan fingerprint density at radius 2 is 2.12 bits per heavy atom. The molecule has 0 unspecified atom stereocenters. The van der Waals surface area contributed by atoms with E-state index in [4.69, 9.17) is 0 Å². The molecule has 49 valence electrons. The highest BCUT2D eigenvalue weighted by Gasteiger charge is 1.84. The molecule has 1 nitrogen and oxygen atoms in total. The Labute approximate surface area is 55.5 Å². The van der Waals surface area contributed by atoms with Crippen LogP contribution < -0.4 is 0 Å². The lowest BCUT2D eigenvalue weighted by Crippen LogP contribution is -1.84. The summed E-state index contributed by atoms with van der Waals surface area (Å²) in [5.41, 5.74) is 0. The maximum absolute atomic E-state index is 9.88. The van der Waals surface area contributed by atoms with Crippen LogP contribution in [-0.2, 0) is 5.11 Å². The van der Waals surface area contributed by atoms with Crippen molar-refractivity contribution >= 4 is 11.8 Å². The third-order valence-electron chi connectivity index (χ3n) is 0.781. The van der Waals surface area contributed by atoms with E-state index in [1.807, 2.05) is 11.8 Å². The van der Waals surface area contributed by atoms with Gasteiger partial charge in [-0.25, -0.2) is 5.11 Å². The molecule has 0 N–H and O–H groups in total. The first-order chi connectivity index (χ1) is 3.91. The number of hydrogen-bond acceptors (Lipinski definition) is 1. The Kier molecular flexibility index (Phi) is 7.59. The van der Waals surface area contributed by atoms with Gasteiger partial charge >= 0.3 is 0 Å². The van der Waals surface area contributed by atoms with Gasteiger partial charge in [-0.1, -0.05) is 6.92 Å². The van der Waals surface area contributed by atoms with Crippen molar-refractivity contribution in [1.82, 2.24) is 0 Å². The molecular formula is C6H13OS. The van der Waals surface area contributed by atoms with Crippen molar-refractivity contribution in [2.45, 2.75) is 19.8 Å². The van der Waals surface area contributed by atoms with Crippen LogP contribution in [0.1, 0.15) is 19.8 Å². The lowest BCUT2D eigenvalue weighted by atomic mass is 10.5. The number of thioether (sulfide) groups is 1. The van der Waals surface area contributed by atoms with Crippen LogP contribution in [0.2, 0.25) is 0 Å². The van der Waals surface area contributed by atoms with Crippen LogP contribution in [-0.4, -0.2) is 18.1 Å². The molecule has 0 rings (SSSR count). The van der Waals surface area contributed by atoms with Crippen molar-refractivity contribution in [3.63, 3.8) is 0 Å². The molecule has 8 heavy (non-hydrogen) atoms. The molecule has 0 saturated heterocycles. The largest absolute Gasteiger partial charge is 0.237 e. The molecule has 0 heterocycles. The van der Waals surface area contributed by atoms with Crippen molar-refractivity contribution in [2.75, 3.05) is 18.1 Å². The van der Waals surface area contributed by atoms with Gasteiger partial charge in [0.05, 0.1) is 6.61 Å². The summed E-state index contributed by atoms with van der Waals surface area (Å²) in [7, 11) is 0. The highest BCUT2D eigenvalue weighted by Crippen LogP contribution is 2.02. The van der Waals surface area contributed by atoms with E-state index < -0.39 is 0 Å². The van der Waals surface area contributed by atoms with E-state index in [0.717, 1.165) is 12.2 Å². The molecule has 0 amide bonds. The Morgan fingerprint density at radius 3 is 2.62 bits per heavy atom. The van der Waals surface area contributed by atoms with E-state index >= 15 is 0 Å². The van der Waals surface area contributed by atoms with Crippen LogP contribution in [0.4, 0.5) is 0 Å². The topological polar surface area (TPSA) is 19.9 Å². The van der Waals surface area contributed by atoms with E-state index in [-0.39, 0.29) is 6.61 Å². The number of hydrogen-bond donors (Lipinski definition) is 0. The van der Waals surface area contributed by atoms with Gasteiger partial charge in [0.15, 0.2) is 0 Å². The van der Waals surface area contributed by atoms with Gasteiger partial charge in [-0.15, -0.1) is 0 Å². The van der Waals surface area contributed by atoms with Gasteiger partial charge in [-0.05, 0) is 24.3 Å². The zero-order valence-electron chi connectivity index (χ0n) is 5.35. The SMILES string of the molecule is CCCSCCC[O]. The minimum atomic E-state index is 0.0940. The zero-order valence-corrected chi connectivity index (χ0v) is 6.17. The molecule has 0 spiro atoms. The normalized spacial score (nSPS) is 9.75. The van der Waals surface area contributed by atoms with Crippen molar-refractivity contribution in [3.8, 4) is 0 Å². The highest BCUT2D eigenvalue weighted by molar-refractivity contribution is 7.99. The highest BCUT2D eigenvalue weighted by atomic mass is 32.2. The smallest absolute Gasteiger partial charge is 0.0830 e. The fourth-order valence-electron chi connectivity index (χ4n) is 0.407. The van der Waals surface area contributed by atoms with Gasteiger partial charge in [0.2, 0.25) is 0 Å². The fourth-order valence-corrected chi connectivity index (χ4v) is 1.22. The van der Waals surface area contributed by atoms with E-state index in [1.165, 1.54) is 12.2 Å². The van der Waals surface area contributed by atoms with Gasteiger partial charge in [0.25, 0.3) is 0 Å². The summed E-state index contributed by atoms with van der Waals surface area (Å²) in [5.74, 6) is 2.26. The van der Waals surface area contributed by atoms with Gasteiger partial charge in [0, 0.05) is 0 Å². The summed E-state index contributed by atoms with van der Waals surface area (Å²) < 4.78 is 0. The first-order valence-electron chi connectivity index (χ1n) is 3.07. The molecule has 1 radical (unpaired) electrons. The Bertz CT molecular complexity index is 33.5. The zero-order chi connectivity index (χ0) is 6.24. The second-order valence-electron chi connectivity index (χ2n) is 1.67. The van der Waals surface area contributed by atoms with Gasteiger partial charge < -0.3 is 0 Å². The minimum absolute atomic E-state index is 0.0940. The molecule has 0 fully saturated rings. The summed E-state index contributed by atoms with van der Waals surface area (Å²) in [5, 5.41) is 9.88. The first kappa shape index (κ1) is 8.31.